The number of carbonyl (C=O) groups is 1. The number of nitrogens with zero attached hydrogens (tertiary/aromatic N) is 2. The van der Waals surface area contributed by atoms with Gasteiger partial charge in [0.05, 0.1) is 17.4 Å². The molecule has 118 valence electrons. The van der Waals surface area contributed by atoms with E-state index in [1.165, 1.54) is 23.1 Å². The molecule has 0 atom stereocenters. The number of hydrogen-bond donors (Lipinski definition) is 1. The molecular weight excluding hydrogens is 302 g/mol. The topological polar surface area (TPSA) is 90.3 Å². The first-order valence-corrected chi connectivity index (χ1v) is 8.29. The second-order valence-corrected chi connectivity index (χ2v) is 6.34. The van der Waals surface area contributed by atoms with Crippen LogP contribution in [-0.4, -0.2) is 39.4 Å². The molecule has 0 radical (unpaired) electrons. The Hall–Kier alpha value is -2.17. The summed E-state index contributed by atoms with van der Waals surface area (Å²) in [5, 5.41) is 8.47. The lowest BCUT2D eigenvalue weighted by molar-refractivity contribution is -0.124. The van der Waals surface area contributed by atoms with Crippen molar-refractivity contribution in [2.45, 2.75) is 18.2 Å². The van der Waals surface area contributed by atoms with Gasteiger partial charge in [0.25, 0.3) is 0 Å². The van der Waals surface area contributed by atoms with E-state index in [2.05, 4.69) is 4.72 Å². The highest BCUT2D eigenvalue weighted by Crippen LogP contribution is 2.11. The SMILES string of the molecule is CCNS(=O)(=O)c1ccc(/C=C/C(=O)N(C)CCC#N)cc1. The Bertz CT molecular complexity index is 673. The maximum atomic E-state index is 11.8. The number of nitriles is 1. The second-order valence-electron chi connectivity index (χ2n) is 4.57. The molecule has 1 rings (SSSR count). The molecule has 0 saturated carbocycles. The van der Waals surface area contributed by atoms with E-state index in [1.54, 1.807) is 32.2 Å². The number of nitrogens with one attached hydrogen (secondary N) is 1. The average molecular weight is 321 g/mol. The predicted octanol–water partition coefficient (Wildman–Crippen LogP) is 1.37. The number of sulfonamides is 1. The summed E-state index contributed by atoms with van der Waals surface area (Å²) in [6.45, 7) is 2.41. The minimum atomic E-state index is -3.46. The van der Waals surface area contributed by atoms with Gasteiger partial charge in [-0.15, -0.1) is 0 Å². The largest absolute Gasteiger partial charge is 0.341 e. The third-order valence-electron chi connectivity index (χ3n) is 2.88. The molecule has 22 heavy (non-hydrogen) atoms. The quantitative estimate of drug-likeness (QED) is 0.768. The molecule has 1 aromatic rings. The third kappa shape index (κ3) is 5.31. The normalized spacial score (nSPS) is 11.3. The summed E-state index contributed by atoms with van der Waals surface area (Å²) in [5.74, 6) is -0.209. The zero-order valence-electron chi connectivity index (χ0n) is 12.6. The van der Waals surface area contributed by atoms with Crippen molar-refractivity contribution in [2.24, 2.45) is 0 Å². The second kappa shape index (κ2) is 8.32. The van der Waals surface area contributed by atoms with Crippen LogP contribution in [0.3, 0.4) is 0 Å². The van der Waals surface area contributed by atoms with Gasteiger partial charge in [0.2, 0.25) is 15.9 Å². The fraction of sp³-hybridized carbons (Fsp3) is 0.333. The van der Waals surface area contributed by atoms with Crippen molar-refractivity contribution in [3.8, 4) is 6.07 Å². The van der Waals surface area contributed by atoms with Crippen molar-refractivity contribution in [2.75, 3.05) is 20.1 Å². The van der Waals surface area contributed by atoms with Crippen molar-refractivity contribution >= 4 is 22.0 Å². The van der Waals surface area contributed by atoms with Crippen LogP contribution in [0.1, 0.15) is 18.9 Å². The summed E-state index contributed by atoms with van der Waals surface area (Å²) in [6, 6.07) is 8.21. The van der Waals surface area contributed by atoms with E-state index in [1.807, 2.05) is 6.07 Å². The molecule has 0 bridgehead atoms. The van der Waals surface area contributed by atoms with Crippen LogP contribution in [0.4, 0.5) is 0 Å². The first-order valence-electron chi connectivity index (χ1n) is 6.80. The molecule has 0 saturated heterocycles. The Morgan fingerprint density at radius 1 is 1.36 bits per heavy atom. The van der Waals surface area contributed by atoms with Crippen LogP contribution in [0.2, 0.25) is 0 Å². The van der Waals surface area contributed by atoms with E-state index in [-0.39, 0.29) is 17.2 Å². The summed E-state index contributed by atoms with van der Waals surface area (Å²) in [5.41, 5.74) is 0.720. The third-order valence-corrected chi connectivity index (χ3v) is 4.44. The van der Waals surface area contributed by atoms with E-state index in [4.69, 9.17) is 5.26 Å². The van der Waals surface area contributed by atoms with Gasteiger partial charge >= 0.3 is 0 Å². The van der Waals surface area contributed by atoms with Crippen molar-refractivity contribution in [3.05, 3.63) is 35.9 Å². The van der Waals surface area contributed by atoms with Crippen LogP contribution >= 0.6 is 0 Å². The number of hydrogen-bond acceptors (Lipinski definition) is 4. The van der Waals surface area contributed by atoms with Gasteiger partial charge in [0, 0.05) is 26.2 Å². The van der Waals surface area contributed by atoms with Gasteiger partial charge in [-0.3, -0.25) is 4.79 Å². The zero-order chi connectivity index (χ0) is 16.6. The van der Waals surface area contributed by atoms with Crippen LogP contribution in [0.5, 0.6) is 0 Å². The molecule has 0 spiro atoms. The van der Waals surface area contributed by atoms with Crippen LogP contribution in [0, 0.1) is 11.3 Å². The Morgan fingerprint density at radius 3 is 2.55 bits per heavy atom. The lowest BCUT2D eigenvalue weighted by atomic mass is 10.2. The molecule has 7 heteroatoms. The van der Waals surface area contributed by atoms with Gasteiger partial charge in [0.1, 0.15) is 0 Å². The molecule has 0 aromatic heterocycles. The summed E-state index contributed by atoms with van der Waals surface area (Å²) >= 11 is 0. The van der Waals surface area contributed by atoms with Crippen molar-refractivity contribution < 1.29 is 13.2 Å². The van der Waals surface area contributed by atoms with E-state index in [9.17, 15) is 13.2 Å². The minimum absolute atomic E-state index is 0.184. The lowest BCUT2D eigenvalue weighted by Crippen LogP contribution is -2.25. The van der Waals surface area contributed by atoms with E-state index in [0.29, 0.717) is 13.1 Å². The molecular formula is C15H19N3O3S. The Balaban J connectivity index is 2.74. The van der Waals surface area contributed by atoms with E-state index < -0.39 is 10.0 Å². The molecule has 0 aliphatic heterocycles. The Labute approximate surface area is 131 Å². The molecule has 1 amide bonds. The summed E-state index contributed by atoms with van der Waals surface area (Å²) in [7, 11) is -1.84. The Morgan fingerprint density at radius 2 is 2.00 bits per heavy atom. The first kappa shape index (κ1) is 17.9. The van der Waals surface area contributed by atoms with Gasteiger partial charge in [0.15, 0.2) is 0 Å². The molecule has 1 N–H and O–H groups in total. The van der Waals surface area contributed by atoms with Crippen molar-refractivity contribution in [3.63, 3.8) is 0 Å². The number of benzene rings is 1. The molecule has 6 nitrogen and oxygen atoms in total. The maximum Gasteiger partial charge on any atom is 0.246 e. The van der Waals surface area contributed by atoms with Gasteiger partial charge in [-0.1, -0.05) is 19.1 Å². The van der Waals surface area contributed by atoms with Crippen LogP contribution in [0.15, 0.2) is 35.2 Å². The van der Waals surface area contributed by atoms with Crippen LogP contribution in [-0.2, 0) is 14.8 Å². The average Bonchev–Trinajstić information content (AvgIpc) is 2.50. The summed E-state index contributed by atoms with van der Waals surface area (Å²) < 4.78 is 26.0. The summed E-state index contributed by atoms with van der Waals surface area (Å²) in [4.78, 5) is 13.4. The molecule has 0 aliphatic carbocycles. The first-order chi connectivity index (χ1) is 10.4. The molecule has 0 heterocycles. The standard InChI is InChI=1S/C15H19N3O3S/c1-3-17-22(20,21)14-8-5-13(6-9-14)7-10-15(19)18(2)12-4-11-16/h5-10,17H,3-4,12H2,1-2H3/b10-7+. The summed E-state index contributed by atoms with van der Waals surface area (Å²) in [6.07, 6.45) is 3.28. The van der Waals surface area contributed by atoms with E-state index in [0.717, 1.165) is 5.56 Å². The molecule has 0 aliphatic rings. The van der Waals surface area contributed by atoms with Crippen LogP contribution < -0.4 is 4.72 Å². The monoisotopic (exact) mass is 321 g/mol. The molecule has 0 fully saturated rings. The lowest BCUT2D eigenvalue weighted by Gasteiger charge is -2.12. The Kier molecular flexibility index (Phi) is 6.76. The number of carbonyl (C=O) groups excluding carboxylic acids is 1. The highest BCUT2D eigenvalue weighted by molar-refractivity contribution is 7.89. The predicted molar refractivity (Wildman–Crippen MR) is 84.2 cm³/mol. The smallest absolute Gasteiger partial charge is 0.246 e. The fourth-order valence-electron chi connectivity index (χ4n) is 1.65. The minimum Gasteiger partial charge on any atom is -0.341 e. The number of amides is 1. The zero-order valence-corrected chi connectivity index (χ0v) is 13.4. The van der Waals surface area contributed by atoms with Crippen molar-refractivity contribution in [1.82, 2.24) is 9.62 Å². The molecule has 0 unspecified atom stereocenters. The fourth-order valence-corrected chi connectivity index (χ4v) is 2.70. The van der Waals surface area contributed by atoms with Gasteiger partial charge in [-0.05, 0) is 23.8 Å². The number of rotatable bonds is 7. The maximum absolute atomic E-state index is 11.8. The van der Waals surface area contributed by atoms with Gasteiger partial charge in [-0.25, -0.2) is 13.1 Å². The van der Waals surface area contributed by atoms with Gasteiger partial charge in [-0.2, -0.15) is 5.26 Å². The highest BCUT2D eigenvalue weighted by atomic mass is 32.2. The van der Waals surface area contributed by atoms with Crippen LogP contribution in [0.25, 0.3) is 6.08 Å². The molecule has 1 aromatic carbocycles. The highest BCUT2D eigenvalue weighted by Gasteiger charge is 2.11. The van der Waals surface area contributed by atoms with Crippen molar-refractivity contribution in [1.29, 1.82) is 5.26 Å². The van der Waals surface area contributed by atoms with Gasteiger partial charge < -0.3 is 4.90 Å². The van der Waals surface area contributed by atoms with E-state index >= 15 is 0 Å². The number of likely N-dealkylation sites (N-methyl/N-ethyl adjacent to an activating group) is 1.